The van der Waals surface area contributed by atoms with Gasteiger partial charge in [0.1, 0.15) is 0 Å². The van der Waals surface area contributed by atoms with Gasteiger partial charge in [-0.25, -0.2) is 0 Å². The van der Waals surface area contributed by atoms with E-state index in [-0.39, 0.29) is 6.04 Å². The number of aromatic nitrogens is 1. The van der Waals surface area contributed by atoms with Crippen LogP contribution in [0.1, 0.15) is 26.2 Å². The first-order valence-electron chi connectivity index (χ1n) is 7.41. The van der Waals surface area contributed by atoms with Crippen molar-refractivity contribution in [1.82, 2.24) is 4.98 Å². The van der Waals surface area contributed by atoms with Crippen LogP contribution in [-0.2, 0) is 0 Å². The third-order valence-corrected chi connectivity index (χ3v) is 4.29. The number of nitrogens with zero attached hydrogens (tertiary/aromatic N) is 1. The normalized spacial score (nSPS) is 18.0. The fourth-order valence-electron chi connectivity index (χ4n) is 3.05. The molecule has 0 amide bonds. The van der Waals surface area contributed by atoms with Crippen LogP contribution in [0.2, 0.25) is 0 Å². The minimum Gasteiger partial charge on any atom is -0.396 e. The highest BCUT2D eigenvalue weighted by Gasteiger charge is 2.36. The van der Waals surface area contributed by atoms with Crippen LogP contribution in [0, 0.1) is 0 Å². The molecule has 0 fully saturated rings. The standard InChI is InChI=1S/C17H21N3O/c1-2-15(17(21)9-5-6-10-17)20-16-12-7-3-4-8-14(12)19-11-13(16)18/h3-8,11,15,21H,2,9-10,18H2,1H3,(H,19,20)/t15-/m1/s1. The van der Waals surface area contributed by atoms with Crippen molar-refractivity contribution in [3.05, 3.63) is 42.6 Å². The quantitative estimate of drug-likeness (QED) is 0.754. The second-order valence-corrected chi connectivity index (χ2v) is 5.69. The molecule has 1 aliphatic carbocycles. The van der Waals surface area contributed by atoms with Gasteiger partial charge in [-0.1, -0.05) is 37.3 Å². The van der Waals surface area contributed by atoms with Gasteiger partial charge >= 0.3 is 0 Å². The molecule has 3 rings (SSSR count). The van der Waals surface area contributed by atoms with Gasteiger partial charge in [0, 0.05) is 5.39 Å². The molecule has 1 aromatic carbocycles. The number of benzene rings is 1. The number of fused-ring (bicyclic) bond motifs is 1. The Kier molecular flexibility index (Phi) is 3.55. The minimum atomic E-state index is -0.731. The van der Waals surface area contributed by atoms with Gasteiger partial charge in [0.15, 0.2) is 0 Å². The number of aliphatic hydroxyl groups is 1. The molecule has 0 spiro atoms. The van der Waals surface area contributed by atoms with Crippen molar-refractivity contribution in [2.75, 3.05) is 11.1 Å². The maximum Gasteiger partial charge on any atom is 0.0915 e. The second kappa shape index (κ2) is 5.37. The van der Waals surface area contributed by atoms with E-state index in [1.807, 2.05) is 36.4 Å². The van der Waals surface area contributed by atoms with Crippen LogP contribution in [0.5, 0.6) is 0 Å². The van der Waals surface area contributed by atoms with Crippen molar-refractivity contribution in [2.45, 2.75) is 37.8 Å². The van der Waals surface area contributed by atoms with Gasteiger partial charge in [0.25, 0.3) is 0 Å². The number of nitrogen functional groups attached to an aromatic ring is 1. The Morgan fingerprint density at radius 1 is 1.33 bits per heavy atom. The molecule has 0 unspecified atom stereocenters. The zero-order chi connectivity index (χ0) is 14.9. The van der Waals surface area contributed by atoms with Crippen LogP contribution < -0.4 is 11.1 Å². The summed E-state index contributed by atoms with van der Waals surface area (Å²) in [4.78, 5) is 4.35. The molecule has 4 heteroatoms. The monoisotopic (exact) mass is 283 g/mol. The molecule has 0 bridgehead atoms. The van der Waals surface area contributed by atoms with E-state index in [0.29, 0.717) is 18.5 Å². The van der Waals surface area contributed by atoms with Crippen molar-refractivity contribution < 1.29 is 5.11 Å². The number of rotatable bonds is 4. The average Bonchev–Trinajstić information content (AvgIpc) is 2.94. The van der Waals surface area contributed by atoms with Crippen molar-refractivity contribution in [2.24, 2.45) is 0 Å². The third-order valence-electron chi connectivity index (χ3n) is 4.29. The van der Waals surface area contributed by atoms with Gasteiger partial charge in [-0.2, -0.15) is 0 Å². The molecule has 1 aromatic heterocycles. The summed E-state index contributed by atoms with van der Waals surface area (Å²) in [6.07, 6.45) is 7.95. The van der Waals surface area contributed by atoms with Crippen LogP contribution in [0.3, 0.4) is 0 Å². The number of hydrogen-bond donors (Lipinski definition) is 3. The van der Waals surface area contributed by atoms with Gasteiger partial charge in [-0.3, -0.25) is 4.98 Å². The fourth-order valence-corrected chi connectivity index (χ4v) is 3.05. The van der Waals surface area contributed by atoms with Crippen LogP contribution in [0.25, 0.3) is 10.9 Å². The number of hydrogen-bond acceptors (Lipinski definition) is 4. The predicted octanol–water partition coefficient (Wildman–Crippen LogP) is 3.09. The maximum absolute atomic E-state index is 10.8. The van der Waals surface area contributed by atoms with Crippen LogP contribution >= 0.6 is 0 Å². The first kappa shape index (κ1) is 13.9. The average molecular weight is 283 g/mol. The lowest BCUT2D eigenvalue weighted by molar-refractivity contribution is 0.0325. The fraction of sp³-hybridized carbons (Fsp3) is 0.353. The van der Waals surface area contributed by atoms with Crippen LogP contribution in [0.4, 0.5) is 11.4 Å². The molecule has 4 N–H and O–H groups in total. The summed E-state index contributed by atoms with van der Waals surface area (Å²) in [5.74, 6) is 0. The van der Waals surface area contributed by atoms with Crippen molar-refractivity contribution in [1.29, 1.82) is 0 Å². The Balaban J connectivity index is 1.98. The summed E-state index contributed by atoms with van der Waals surface area (Å²) in [5.41, 5.74) is 7.76. The SMILES string of the molecule is CC[C@@H](Nc1c(N)cnc2ccccc12)C1(O)CC=CC1. The summed E-state index contributed by atoms with van der Waals surface area (Å²) in [6.45, 7) is 2.08. The first-order valence-corrected chi connectivity index (χ1v) is 7.41. The summed E-state index contributed by atoms with van der Waals surface area (Å²) in [5, 5.41) is 15.3. The smallest absolute Gasteiger partial charge is 0.0915 e. The highest BCUT2D eigenvalue weighted by atomic mass is 16.3. The van der Waals surface area contributed by atoms with E-state index in [2.05, 4.69) is 17.2 Å². The van der Waals surface area contributed by atoms with E-state index in [1.165, 1.54) is 0 Å². The Bertz CT molecular complexity index is 673. The Hall–Kier alpha value is -2.07. The topological polar surface area (TPSA) is 71.2 Å². The molecular formula is C17H21N3O. The Morgan fingerprint density at radius 3 is 2.76 bits per heavy atom. The number of pyridine rings is 1. The van der Waals surface area contributed by atoms with E-state index in [9.17, 15) is 5.11 Å². The third kappa shape index (κ3) is 2.47. The zero-order valence-electron chi connectivity index (χ0n) is 12.2. The molecule has 4 nitrogen and oxygen atoms in total. The molecular weight excluding hydrogens is 262 g/mol. The van der Waals surface area contributed by atoms with Gasteiger partial charge in [0.2, 0.25) is 0 Å². The summed E-state index contributed by atoms with van der Waals surface area (Å²) in [7, 11) is 0. The number of para-hydroxylation sites is 1. The molecule has 0 saturated heterocycles. The van der Waals surface area contributed by atoms with Gasteiger partial charge in [0.05, 0.1) is 34.7 Å². The second-order valence-electron chi connectivity index (χ2n) is 5.69. The molecule has 2 aromatic rings. The summed E-state index contributed by atoms with van der Waals surface area (Å²) >= 11 is 0. The lowest BCUT2D eigenvalue weighted by Crippen LogP contribution is -2.44. The van der Waals surface area contributed by atoms with E-state index in [1.54, 1.807) is 6.20 Å². The van der Waals surface area contributed by atoms with Gasteiger partial charge in [-0.15, -0.1) is 0 Å². The van der Waals surface area contributed by atoms with E-state index in [0.717, 1.165) is 23.0 Å². The van der Waals surface area contributed by atoms with E-state index < -0.39 is 5.60 Å². The summed E-state index contributed by atoms with van der Waals surface area (Å²) in [6, 6.07) is 7.86. The molecule has 1 aliphatic rings. The predicted molar refractivity (Wildman–Crippen MR) is 87.2 cm³/mol. The Labute approximate surface area is 124 Å². The molecule has 0 radical (unpaired) electrons. The number of nitrogens with two attached hydrogens (primary N) is 1. The highest BCUT2D eigenvalue weighted by Crippen LogP contribution is 2.34. The van der Waals surface area contributed by atoms with E-state index >= 15 is 0 Å². The van der Waals surface area contributed by atoms with Crippen molar-refractivity contribution >= 4 is 22.3 Å². The van der Waals surface area contributed by atoms with Crippen LogP contribution in [0.15, 0.2) is 42.6 Å². The molecule has 0 saturated carbocycles. The largest absolute Gasteiger partial charge is 0.396 e. The van der Waals surface area contributed by atoms with Gasteiger partial charge in [-0.05, 0) is 25.3 Å². The lowest BCUT2D eigenvalue weighted by atomic mass is 9.89. The number of nitrogens with one attached hydrogen (secondary N) is 1. The molecule has 1 atom stereocenters. The first-order chi connectivity index (χ1) is 10.1. The van der Waals surface area contributed by atoms with E-state index in [4.69, 9.17) is 5.73 Å². The van der Waals surface area contributed by atoms with Gasteiger partial charge < -0.3 is 16.2 Å². The molecule has 1 heterocycles. The van der Waals surface area contributed by atoms with Crippen molar-refractivity contribution in [3.8, 4) is 0 Å². The molecule has 0 aliphatic heterocycles. The molecule has 110 valence electrons. The Morgan fingerprint density at radius 2 is 2.05 bits per heavy atom. The zero-order valence-corrected chi connectivity index (χ0v) is 12.2. The molecule has 21 heavy (non-hydrogen) atoms. The number of anilines is 2. The minimum absolute atomic E-state index is 0.0411. The highest BCUT2D eigenvalue weighted by molar-refractivity contribution is 5.97. The maximum atomic E-state index is 10.8. The summed E-state index contributed by atoms with van der Waals surface area (Å²) < 4.78 is 0. The van der Waals surface area contributed by atoms with Crippen LogP contribution in [-0.4, -0.2) is 21.7 Å². The lowest BCUT2D eigenvalue weighted by Gasteiger charge is -2.34. The van der Waals surface area contributed by atoms with Crippen molar-refractivity contribution in [3.63, 3.8) is 0 Å².